The first kappa shape index (κ1) is 25.7. The molecule has 6 heteroatoms. The summed E-state index contributed by atoms with van der Waals surface area (Å²) in [5.74, 6) is -0.169. The zero-order chi connectivity index (χ0) is 25.9. The van der Waals surface area contributed by atoms with Gasteiger partial charge in [-0.25, -0.2) is 0 Å². The van der Waals surface area contributed by atoms with Gasteiger partial charge in [0.15, 0.2) is 0 Å². The lowest BCUT2D eigenvalue weighted by Gasteiger charge is -2.27. The van der Waals surface area contributed by atoms with Crippen LogP contribution in [0.15, 0.2) is 120 Å². The molecule has 0 aliphatic heterocycles. The van der Waals surface area contributed by atoms with Gasteiger partial charge in [-0.2, -0.15) is 5.10 Å². The van der Waals surface area contributed by atoms with Crippen molar-refractivity contribution in [2.45, 2.75) is 25.4 Å². The van der Waals surface area contributed by atoms with Crippen LogP contribution in [0.5, 0.6) is 5.75 Å². The highest BCUT2D eigenvalue weighted by molar-refractivity contribution is 6.05. The third-order valence-corrected chi connectivity index (χ3v) is 5.87. The van der Waals surface area contributed by atoms with Crippen molar-refractivity contribution in [3.63, 3.8) is 0 Å². The fourth-order valence-electron chi connectivity index (χ4n) is 4.04. The van der Waals surface area contributed by atoms with Crippen LogP contribution in [0.1, 0.15) is 29.7 Å². The smallest absolute Gasteiger partial charge is 0.323 e. The minimum Gasteiger partial charge on any atom is -0.508 e. The Labute approximate surface area is 217 Å². The summed E-state index contributed by atoms with van der Waals surface area (Å²) in [6.07, 6.45) is 0.386. The zero-order valence-corrected chi connectivity index (χ0v) is 20.7. The Bertz CT molecular complexity index is 1280. The van der Waals surface area contributed by atoms with E-state index < -0.39 is 12.1 Å². The summed E-state index contributed by atoms with van der Waals surface area (Å²) in [4.78, 5) is 13.1. The molecular weight excluding hydrogens is 462 g/mol. The molecule has 2 atom stereocenters. The zero-order valence-electron chi connectivity index (χ0n) is 20.7. The summed E-state index contributed by atoms with van der Waals surface area (Å²) in [5, 5.41) is 18.1. The molecule has 0 heterocycles. The van der Waals surface area contributed by atoms with Gasteiger partial charge in [0.2, 0.25) is 0 Å². The predicted molar refractivity (Wildman–Crippen MR) is 148 cm³/mol. The SMILES string of the molecule is CCOC(=O)[C@H](Cc1ccc(O)cc1)N[C@H](/C(=N\Nc1ccccc1)c1ccccc1)c1ccccc1. The van der Waals surface area contributed by atoms with Crippen LogP contribution in [0.3, 0.4) is 0 Å². The standard InChI is InChI=1S/C31H31N3O3/c1-2-37-31(36)28(22-23-18-20-27(35)21-19-23)32-29(24-12-6-3-7-13-24)30(25-14-8-4-9-15-25)34-33-26-16-10-5-11-17-26/h3-21,28-29,32-33,35H,2,22H2,1H3/b34-30-/t28-,29-/m0/s1. The lowest BCUT2D eigenvalue weighted by Crippen LogP contribution is -2.44. The van der Waals surface area contributed by atoms with E-state index in [1.165, 1.54) is 0 Å². The number of esters is 1. The Morgan fingerprint density at radius 3 is 2.05 bits per heavy atom. The second-order valence-corrected chi connectivity index (χ2v) is 8.53. The molecule has 6 nitrogen and oxygen atoms in total. The monoisotopic (exact) mass is 493 g/mol. The largest absolute Gasteiger partial charge is 0.508 e. The van der Waals surface area contributed by atoms with E-state index in [2.05, 4.69) is 10.7 Å². The van der Waals surface area contributed by atoms with Crippen molar-refractivity contribution in [1.29, 1.82) is 0 Å². The van der Waals surface area contributed by atoms with Crippen LogP contribution in [-0.4, -0.2) is 29.4 Å². The number of carbonyl (C=O) groups is 1. The van der Waals surface area contributed by atoms with Crippen LogP contribution in [0.25, 0.3) is 0 Å². The average molecular weight is 494 g/mol. The number of nitrogens with one attached hydrogen (secondary N) is 2. The Morgan fingerprint density at radius 2 is 1.43 bits per heavy atom. The minimum atomic E-state index is -0.652. The summed E-state index contributed by atoms with van der Waals surface area (Å²) < 4.78 is 5.45. The molecule has 0 aliphatic rings. The van der Waals surface area contributed by atoms with Crippen molar-refractivity contribution >= 4 is 17.4 Å². The number of carbonyl (C=O) groups excluding carboxylic acids is 1. The fraction of sp³-hybridized carbons (Fsp3) is 0.161. The van der Waals surface area contributed by atoms with E-state index in [4.69, 9.17) is 9.84 Å². The Kier molecular flexibility index (Phi) is 9.05. The van der Waals surface area contributed by atoms with E-state index in [-0.39, 0.29) is 18.3 Å². The number of phenolic OH excluding ortho intramolecular Hbond substituents is 1. The first-order valence-corrected chi connectivity index (χ1v) is 12.3. The molecule has 188 valence electrons. The molecule has 0 amide bonds. The van der Waals surface area contributed by atoms with Gasteiger partial charge in [-0.05, 0) is 54.3 Å². The first-order chi connectivity index (χ1) is 18.1. The molecule has 0 saturated carbocycles. The number of phenols is 1. The van der Waals surface area contributed by atoms with E-state index in [1.54, 1.807) is 19.1 Å². The van der Waals surface area contributed by atoms with Crippen molar-refractivity contribution in [1.82, 2.24) is 5.32 Å². The van der Waals surface area contributed by atoms with Gasteiger partial charge in [0.05, 0.1) is 24.0 Å². The fourth-order valence-corrected chi connectivity index (χ4v) is 4.04. The van der Waals surface area contributed by atoms with Crippen molar-refractivity contribution in [3.8, 4) is 5.75 Å². The normalized spacial score (nSPS) is 12.9. The molecule has 0 bridgehead atoms. The summed E-state index contributed by atoms with van der Waals surface area (Å²) >= 11 is 0. The maximum absolute atomic E-state index is 13.1. The van der Waals surface area contributed by atoms with Gasteiger partial charge in [-0.1, -0.05) is 91.0 Å². The first-order valence-electron chi connectivity index (χ1n) is 12.3. The van der Waals surface area contributed by atoms with E-state index in [0.29, 0.717) is 6.42 Å². The molecule has 3 N–H and O–H groups in total. The van der Waals surface area contributed by atoms with Gasteiger partial charge in [-0.3, -0.25) is 15.5 Å². The molecule has 0 aliphatic carbocycles. The quantitative estimate of drug-likeness (QED) is 0.142. The summed E-state index contributed by atoms with van der Waals surface area (Å²) in [7, 11) is 0. The number of rotatable bonds is 11. The van der Waals surface area contributed by atoms with Crippen molar-refractivity contribution in [3.05, 3.63) is 132 Å². The maximum Gasteiger partial charge on any atom is 0.323 e. The van der Waals surface area contributed by atoms with Crippen molar-refractivity contribution in [2.24, 2.45) is 5.10 Å². The van der Waals surface area contributed by atoms with Gasteiger partial charge in [-0.15, -0.1) is 0 Å². The number of anilines is 1. The number of hydrazone groups is 1. The highest BCUT2D eigenvalue weighted by atomic mass is 16.5. The number of para-hydroxylation sites is 1. The summed E-state index contributed by atoms with van der Waals surface area (Å²) in [6.45, 7) is 2.07. The van der Waals surface area contributed by atoms with Gasteiger partial charge in [0, 0.05) is 0 Å². The Balaban J connectivity index is 1.75. The highest BCUT2D eigenvalue weighted by Crippen LogP contribution is 2.23. The van der Waals surface area contributed by atoms with Gasteiger partial charge >= 0.3 is 5.97 Å². The molecule has 4 aromatic rings. The molecule has 37 heavy (non-hydrogen) atoms. The Morgan fingerprint density at radius 1 is 0.838 bits per heavy atom. The van der Waals surface area contributed by atoms with Crippen LogP contribution in [0.4, 0.5) is 5.69 Å². The van der Waals surface area contributed by atoms with E-state index in [9.17, 15) is 9.90 Å². The summed E-state index contributed by atoms with van der Waals surface area (Å²) in [5.41, 5.74) is 7.54. The third-order valence-electron chi connectivity index (χ3n) is 5.87. The van der Waals surface area contributed by atoms with Crippen LogP contribution >= 0.6 is 0 Å². The van der Waals surface area contributed by atoms with Gasteiger partial charge in [0.1, 0.15) is 11.8 Å². The number of benzene rings is 4. The van der Waals surface area contributed by atoms with Crippen LogP contribution in [0, 0.1) is 0 Å². The topological polar surface area (TPSA) is 83.0 Å². The molecule has 0 saturated heterocycles. The molecule has 4 aromatic carbocycles. The predicted octanol–water partition coefficient (Wildman–Crippen LogP) is 5.71. The van der Waals surface area contributed by atoms with Crippen LogP contribution < -0.4 is 10.7 Å². The molecule has 0 spiro atoms. The number of hydrogen-bond donors (Lipinski definition) is 3. The molecular formula is C31H31N3O3. The minimum absolute atomic E-state index is 0.178. The molecule has 0 fully saturated rings. The third kappa shape index (κ3) is 7.29. The van der Waals surface area contributed by atoms with E-state index in [1.807, 2.05) is 103 Å². The molecule has 0 radical (unpaired) electrons. The molecule has 0 aromatic heterocycles. The number of nitrogens with zero attached hydrogens (tertiary/aromatic N) is 1. The number of aromatic hydroxyl groups is 1. The molecule has 0 unspecified atom stereocenters. The van der Waals surface area contributed by atoms with Gasteiger partial charge < -0.3 is 9.84 Å². The number of hydrogen-bond acceptors (Lipinski definition) is 6. The van der Waals surface area contributed by atoms with Crippen LogP contribution in [-0.2, 0) is 16.0 Å². The second-order valence-electron chi connectivity index (χ2n) is 8.53. The average Bonchev–Trinajstić information content (AvgIpc) is 2.95. The van der Waals surface area contributed by atoms with Gasteiger partial charge in [0.25, 0.3) is 0 Å². The number of ether oxygens (including phenoxy) is 1. The van der Waals surface area contributed by atoms with E-state index >= 15 is 0 Å². The molecule has 4 rings (SSSR count). The lowest BCUT2D eigenvalue weighted by molar-refractivity contribution is -0.145. The van der Waals surface area contributed by atoms with Crippen molar-refractivity contribution < 1.29 is 14.6 Å². The van der Waals surface area contributed by atoms with E-state index in [0.717, 1.165) is 28.1 Å². The lowest BCUT2D eigenvalue weighted by atomic mass is 9.94. The van der Waals surface area contributed by atoms with Crippen LogP contribution in [0.2, 0.25) is 0 Å². The summed E-state index contributed by atoms with van der Waals surface area (Å²) in [6, 6.07) is 35.3. The van der Waals surface area contributed by atoms with Crippen molar-refractivity contribution in [2.75, 3.05) is 12.0 Å². The second kappa shape index (κ2) is 13.0. The Hall–Kier alpha value is -4.42. The maximum atomic E-state index is 13.1. The highest BCUT2D eigenvalue weighted by Gasteiger charge is 2.28.